The summed E-state index contributed by atoms with van der Waals surface area (Å²) >= 11 is 0. The number of aliphatic hydroxyl groups is 5. The zero-order valence-electron chi connectivity index (χ0n) is 31.2. The lowest BCUT2D eigenvalue weighted by molar-refractivity contribution is -0.344. The molecule has 2 fully saturated rings. The van der Waals surface area contributed by atoms with Crippen LogP contribution >= 0.6 is 0 Å². The van der Waals surface area contributed by atoms with E-state index in [1.54, 1.807) is 58.0 Å². The number of hydrogen-bond acceptors (Lipinski definition) is 14. The summed E-state index contributed by atoms with van der Waals surface area (Å²) in [7, 11) is 6.53. The molecule has 5 N–H and O–H groups in total. The van der Waals surface area contributed by atoms with Gasteiger partial charge in [0, 0.05) is 33.7 Å². The number of likely N-dealkylation sites (N-methyl/N-ethyl adjacent to an activating group) is 1. The molecule has 0 amide bonds. The zero-order chi connectivity index (χ0) is 37.3. The first-order valence-corrected chi connectivity index (χ1v) is 17.8. The van der Waals surface area contributed by atoms with Gasteiger partial charge in [0.1, 0.15) is 30.5 Å². The first kappa shape index (κ1) is 42.9. The third kappa shape index (κ3) is 11.2. The van der Waals surface area contributed by atoms with Crippen molar-refractivity contribution >= 4 is 5.97 Å². The smallest absolute Gasteiger partial charge is 0.308 e. The van der Waals surface area contributed by atoms with Crippen LogP contribution in [0.4, 0.5) is 0 Å². The van der Waals surface area contributed by atoms with Crippen LogP contribution < -0.4 is 0 Å². The highest BCUT2D eigenvalue weighted by Gasteiger charge is 2.51. The molecule has 16 atom stereocenters. The van der Waals surface area contributed by atoms with Crippen LogP contribution in [0.1, 0.15) is 66.7 Å². The number of allylic oxidation sites excluding steroid dienone is 2. The Labute approximate surface area is 297 Å². The van der Waals surface area contributed by atoms with Crippen LogP contribution in [0.2, 0.25) is 0 Å². The quantitative estimate of drug-likeness (QED) is 0.215. The third-order valence-electron chi connectivity index (χ3n) is 10.2. The Balaban J connectivity index is 1.97. The molecule has 0 radical (unpaired) electrons. The molecular formula is C36H63NO13. The fraction of sp³-hybridized carbons (Fsp3) is 0.861. The van der Waals surface area contributed by atoms with E-state index in [4.69, 9.17) is 33.2 Å². The van der Waals surface area contributed by atoms with Gasteiger partial charge < -0.3 is 63.6 Å². The molecule has 3 aliphatic rings. The minimum Gasteiger partial charge on any atom is -0.462 e. The van der Waals surface area contributed by atoms with Crippen molar-refractivity contribution < 1.29 is 63.5 Å². The Bertz CT molecular complexity index is 1090. The largest absolute Gasteiger partial charge is 0.462 e. The third-order valence-corrected chi connectivity index (χ3v) is 10.2. The molecule has 290 valence electrons. The zero-order valence-corrected chi connectivity index (χ0v) is 31.2. The van der Waals surface area contributed by atoms with Crippen molar-refractivity contribution in [2.24, 2.45) is 11.8 Å². The summed E-state index contributed by atoms with van der Waals surface area (Å²) in [6, 6.07) is -0.670. The van der Waals surface area contributed by atoms with Gasteiger partial charge in [-0.05, 0) is 66.5 Å². The summed E-state index contributed by atoms with van der Waals surface area (Å²) in [5.41, 5.74) is -1.44. The number of ether oxygens (including phenoxy) is 7. The second kappa shape index (κ2) is 19.5. The van der Waals surface area contributed by atoms with Crippen molar-refractivity contribution in [3.05, 3.63) is 24.3 Å². The van der Waals surface area contributed by atoms with E-state index >= 15 is 0 Å². The average molecular weight is 718 g/mol. The second-order valence-electron chi connectivity index (χ2n) is 14.6. The lowest BCUT2D eigenvalue weighted by atomic mass is 9.82. The Morgan fingerprint density at radius 1 is 0.960 bits per heavy atom. The van der Waals surface area contributed by atoms with E-state index in [1.807, 2.05) is 13.0 Å². The Kier molecular flexibility index (Phi) is 16.7. The minimum absolute atomic E-state index is 0.00740. The van der Waals surface area contributed by atoms with Gasteiger partial charge in [-0.25, -0.2) is 0 Å². The summed E-state index contributed by atoms with van der Waals surface area (Å²) in [5.74, 6) is -1.19. The predicted molar refractivity (Wildman–Crippen MR) is 183 cm³/mol. The molecule has 14 nitrogen and oxygen atoms in total. The van der Waals surface area contributed by atoms with Gasteiger partial charge in [0.2, 0.25) is 0 Å². The molecule has 2 saturated heterocycles. The maximum atomic E-state index is 13.1. The number of carbonyl (C=O) groups is 1. The van der Waals surface area contributed by atoms with E-state index in [1.165, 1.54) is 21.1 Å². The SMILES string of the molecule is COC1CC(=O)O[C@@H](C)C/C=C/C=C/C(O)[C@@H](C)CC(CCO)C(O[C@@H]2O[C@H](C)C(OC3C[C@@](C)(O)C(O)[C@@H](C)O3)[C@H](N(C)C)C2O)C1OC. The van der Waals surface area contributed by atoms with Gasteiger partial charge in [-0.2, -0.15) is 0 Å². The summed E-state index contributed by atoms with van der Waals surface area (Å²) < 4.78 is 42.7. The molecule has 0 aromatic rings. The van der Waals surface area contributed by atoms with Crippen molar-refractivity contribution in [2.75, 3.05) is 34.9 Å². The number of esters is 1. The molecule has 3 heterocycles. The summed E-state index contributed by atoms with van der Waals surface area (Å²) in [4.78, 5) is 14.9. The number of methoxy groups -OCH3 is 2. The Morgan fingerprint density at radius 3 is 2.26 bits per heavy atom. The highest BCUT2D eigenvalue weighted by atomic mass is 16.7. The minimum atomic E-state index is -1.44. The lowest BCUT2D eigenvalue weighted by Gasteiger charge is -2.50. The summed E-state index contributed by atoms with van der Waals surface area (Å²) in [6.07, 6.45) is -2.22. The highest BCUT2D eigenvalue weighted by Crippen LogP contribution is 2.37. The van der Waals surface area contributed by atoms with Crippen LogP contribution in [0.15, 0.2) is 24.3 Å². The molecule has 50 heavy (non-hydrogen) atoms. The van der Waals surface area contributed by atoms with Crippen LogP contribution in [0.5, 0.6) is 0 Å². The van der Waals surface area contributed by atoms with E-state index in [0.29, 0.717) is 12.8 Å². The summed E-state index contributed by atoms with van der Waals surface area (Å²) in [5, 5.41) is 54.3. The van der Waals surface area contributed by atoms with Gasteiger partial charge in [0.05, 0.1) is 48.6 Å². The summed E-state index contributed by atoms with van der Waals surface area (Å²) in [6.45, 7) is 8.47. The molecule has 0 saturated carbocycles. The average Bonchev–Trinajstić information content (AvgIpc) is 3.03. The second-order valence-corrected chi connectivity index (χ2v) is 14.6. The molecule has 0 aliphatic carbocycles. The van der Waals surface area contributed by atoms with Crippen molar-refractivity contribution in [3.63, 3.8) is 0 Å². The number of aliphatic hydroxyl groups excluding tert-OH is 4. The van der Waals surface area contributed by atoms with Gasteiger partial charge >= 0.3 is 5.97 Å². The number of nitrogens with zero attached hydrogens (tertiary/aromatic N) is 1. The maximum Gasteiger partial charge on any atom is 0.308 e. The normalized spacial score (nSPS) is 45.6. The molecule has 9 unspecified atom stereocenters. The molecule has 3 aliphatic heterocycles. The van der Waals surface area contributed by atoms with Crippen LogP contribution in [0.25, 0.3) is 0 Å². The van der Waals surface area contributed by atoms with Gasteiger partial charge in [-0.15, -0.1) is 0 Å². The molecule has 14 heteroatoms. The highest BCUT2D eigenvalue weighted by molar-refractivity contribution is 5.70. The maximum absolute atomic E-state index is 13.1. The van der Waals surface area contributed by atoms with E-state index in [2.05, 4.69) is 0 Å². The van der Waals surface area contributed by atoms with Gasteiger partial charge in [-0.1, -0.05) is 31.2 Å². The molecule has 3 rings (SSSR count). The van der Waals surface area contributed by atoms with Gasteiger partial charge in [0.15, 0.2) is 12.6 Å². The molecule has 0 aromatic carbocycles. The number of cyclic esters (lactones) is 1. The fourth-order valence-corrected chi connectivity index (χ4v) is 7.33. The Hall–Kier alpha value is -1.53. The Morgan fingerprint density at radius 2 is 1.66 bits per heavy atom. The first-order valence-electron chi connectivity index (χ1n) is 17.8. The monoisotopic (exact) mass is 717 g/mol. The van der Waals surface area contributed by atoms with Crippen LogP contribution in [0, 0.1) is 11.8 Å². The van der Waals surface area contributed by atoms with Gasteiger partial charge in [0.25, 0.3) is 0 Å². The molecular weight excluding hydrogens is 654 g/mol. The number of hydrogen-bond donors (Lipinski definition) is 5. The molecule has 0 bridgehead atoms. The first-order chi connectivity index (χ1) is 23.5. The van der Waals surface area contributed by atoms with Crippen molar-refractivity contribution in [1.82, 2.24) is 4.90 Å². The van der Waals surface area contributed by atoms with Crippen LogP contribution in [-0.4, -0.2) is 157 Å². The number of rotatable bonds is 9. The number of carbonyl (C=O) groups excluding carboxylic acids is 1. The standard InChI is InChI=1S/C36H63NO13/c1-20-17-24(15-16-38)32(33(45-9)26(44-8)18-27(40)46-21(2)13-11-10-12-14-25(20)39)50-35-30(41)29(37(6)7)31(22(3)48-35)49-28-19-36(5,43)34(42)23(4)47-28/h10-12,14,20-26,28-35,38-39,41-43H,13,15-19H2,1-9H3/b11-10+,14-12+/t20-,21-,22+,23+,24?,25?,26?,28?,29+,30?,31?,32?,33?,34?,35-,36+/m0/s1. The lowest BCUT2D eigenvalue weighted by Crippen LogP contribution is -2.65. The molecule has 0 spiro atoms. The van der Waals surface area contributed by atoms with Crippen molar-refractivity contribution in [1.29, 1.82) is 0 Å². The topological polar surface area (TPSA) is 186 Å². The van der Waals surface area contributed by atoms with E-state index in [9.17, 15) is 30.3 Å². The molecule has 0 aromatic heterocycles. The van der Waals surface area contributed by atoms with Gasteiger partial charge in [-0.3, -0.25) is 4.79 Å². The van der Waals surface area contributed by atoms with Crippen molar-refractivity contribution in [2.45, 2.75) is 152 Å². The fourth-order valence-electron chi connectivity index (χ4n) is 7.33. The predicted octanol–water partition coefficient (Wildman–Crippen LogP) is 1.29. The van der Waals surface area contributed by atoms with Crippen molar-refractivity contribution in [3.8, 4) is 0 Å². The van der Waals surface area contributed by atoms with Crippen LogP contribution in [0.3, 0.4) is 0 Å². The van der Waals surface area contributed by atoms with E-state index < -0.39 is 97.1 Å². The van der Waals surface area contributed by atoms with Crippen LogP contribution in [-0.2, 0) is 38.0 Å². The van der Waals surface area contributed by atoms with E-state index in [0.717, 1.165) is 0 Å². The van der Waals surface area contributed by atoms with E-state index in [-0.39, 0.29) is 31.8 Å².